The van der Waals surface area contributed by atoms with Crippen molar-refractivity contribution in [2.45, 2.75) is 19.3 Å². The molecule has 0 bridgehead atoms. The molecule has 6 nitrogen and oxygen atoms in total. The Morgan fingerprint density at radius 3 is 2.60 bits per heavy atom. The summed E-state index contributed by atoms with van der Waals surface area (Å²) in [5.41, 5.74) is 7.29. The minimum absolute atomic E-state index is 0.790. The van der Waals surface area contributed by atoms with Crippen molar-refractivity contribution in [2.75, 3.05) is 18.0 Å². The molecule has 1 fully saturated rings. The van der Waals surface area contributed by atoms with E-state index in [2.05, 4.69) is 60.4 Å². The maximum atomic E-state index is 4.59. The molecular formula is C24H22N6. The van der Waals surface area contributed by atoms with Crippen LogP contribution in [0.2, 0.25) is 0 Å². The predicted molar refractivity (Wildman–Crippen MR) is 120 cm³/mol. The molecule has 0 aliphatic carbocycles. The van der Waals surface area contributed by atoms with E-state index < -0.39 is 0 Å². The van der Waals surface area contributed by atoms with Gasteiger partial charge in [0.05, 0.1) is 5.69 Å². The number of hydrogen-bond acceptors (Lipinski definition) is 4. The molecule has 1 aliphatic rings. The number of nitrogens with one attached hydrogen (secondary N) is 2. The molecule has 1 aliphatic heterocycles. The lowest BCUT2D eigenvalue weighted by Gasteiger charge is -2.29. The highest BCUT2D eigenvalue weighted by Gasteiger charge is 2.17. The van der Waals surface area contributed by atoms with Crippen LogP contribution < -0.4 is 4.90 Å². The Bertz CT molecular complexity index is 1330. The Morgan fingerprint density at radius 2 is 1.73 bits per heavy atom. The number of fused-ring (bicyclic) bond motifs is 2. The summed E-state index contributed by atoms with van der Waals surface area (Å²) in [5, 5.41) is 9.94. The second kappa shape index (κ2) is 6.99. The van der Waals surface area contributed by atoms with Crippen molar-refractivity contribution >= 4 is 27.6 Å². The summed E-state index contributed by atoms with van der Waals surface area (Å²) in [6.45, 7) is 2.26. The van der Waals surface area contributed by atoms with E-state index in [9.17, 15) is 0 Å². The molecule has 0 saturated carbocycles. The van der Waals surface area contributed by atoms with Gasteiger partial charge < -0.3 is 9.88 Å². The van der Waals surface area contributed by atoms with Gasteiger partial charge in [0.15, 0.2) is 5.65 Å². The molecule has 5 aromatic rings. The maximum Gasteiger partial charge on any atom is 0.155 e. The highest BCUT2D eigenvalue weighted by Crippen LogP contribution is 2.35. The van der Waals surface area contributed by atoms with Crippen LogP contribution in [0, 0.1) is 0 Å². The Hall–Kier alpha value is -3.67. The molecule has 0 spiro atoms. The van der Waals surface area contributed by atoms with Gasteiger partial charge in [0.1, 0.15) is 5.69 Å². The molecule has 0 unspecified atom stereocenters. The van der Waals surface area contributed by atoms with Gasteiger partial charge in [0.2, 0.25) is 0 Å². The lowest BCUT2D eigenvalue weighted by molar-refractivity contribution is 0.579. The highest BCUT2D eigenvalue weighted by atomic mass is 15.2. The summed E-state index contributed by atoms with van der Waals surface area (Å²) in [4.78, 5) is 14.8. The van der Waals surface area contributed by atoms with E-state index in [1.54, 1.807) is 12.4 Å². The first-order valence-electron chi connectivity index (χ1n) is 10.5. The Balaban J connectivity index is 1.47. The normalized spacial score (nSPS) is 14.6. The van der Waals surface area contributed by atoms with E-state index in [0.717, 1.165) is 52.2 Å². The smallest absolute Gasteiger partial charge is 0.155 e. The summed E-state index contributed by atoms with van der Waals surface area (Å²) in [5.74, 6) is 0. The van der Waals surface area contributed by atoms with Crippen LogP contribution in [0.1, 0.15) is 19.3 Å². The van der Waals surface area contributed by atoms with Crippen molar-refractivity contribution in [1.29, 1.82) is 0 Å². The lowest BCUT2D eigenvalue weighted by Crippen LogP contribution is -2.29. The van der Waals surface area contributed by atoms with Crippen molar-refractivity contribution in [3.05, 3.63) is 61.1 Å². The van der Waals surface area contributed by atoms with Crippen LogP contribution in [0.4, 0.5) is 5.69 Å². The van der Waals surface area contributed by atoms with Crippen molar-refractivity contribution in [3.63, 3.8) is 0 Å². The van der Waals surface area contributed by atoms with E-state index >= 15 is 0 Å². The van der Waals surface area contributed by atoms with Crippen molar-refractivity contribution in [3.8, 4) is 22.5 Å². The number of nitrogens with zero attached hydrogens (tertiary/aromatic N) is 4. The van der Waals surface area contributed by atoms with Crippen molar-refractivity contribution < 1.29 is 0 Å². The Labute approximate surface area is 174 Å². The zero-order chi connectivity index (χ0) is 19.9. The number of H-pyrrole nitrogens is 2. The summed E-state index contributed by atoms with van der Waals surface area (Å²) in [7, 11) is 0. The van der Waals surface area contributed by atoms with E-state index in [1.165, 1.54) is 30.3 Å². The fraction of sp³-hybridized carbons (Fsp3) is 0.208. The van der Waals surface area contributed by atoms with Gasteiger partial charge in [-0.1, -0.05) is 6.07 Å². The van der Waals surface area contributed by atoms with Crippen LogP contribution >= 0.6 is 0 Å². The maximum absolute atomic E-state index is 4.59. The first-order chi connectivity index (χ1) is 14.9. The average molecular weight is 394 g/mol. The minimum atomic E-state index is 0.790. The van der Waals surface area contributed by atoms with E-state index in [-0.39, 0.29) is 0 Å². The molecule has 2 N–H and O–H groups in total. The van der Waals surface area contributed by atoms with Gasteiger partial charge in [-0.3, -0.25) is 10.1 Å². The summed E-state index contributed by atoms with van der Waals surface area (Å²) < 4.78 is 0. The highest BCUT2D eigenvalue weighted by molar-refractivity contribution is 6.00. The number of aromatic nitrogens is 5. The van der Waals surface area contributed by atoms with Gasteiger partial charge >= 0.3 is 0 Å². The van der Waals surface area contributed by atoms with Crippen molar-refractivity contribution in [2.24, 2.45) is 0 Å². The van der Waals surface area contributed by atoms with Gasteiger partial charge in [0, 0.05) is 59.2 Å². The van der Waals surface area contributed by atoms with Crippen LogP contribution in [-0.2, 0) is 0 Å². The molecular weight excluding hydrogens is 372 g/mol. The molecule has 6 rings (SSSR count). The third kappa shape index (κ3) is 2.84. The van der Waals surface area contributed by atoms with Crippen LogP contribution in [-0.4, -0.2) is 38.2 Å². The van der Waals surface area contributed by atoms with Crippen LogP contribution in [0.3, 0.4) is 0 Å². The average Bonchev–Trinajstić information content (AvgIpc) is 3.43. The molecule has 0 atom stereocenters. The number of piperidine rings is 1. The van der Waals surface area contributed by atoms with Gasteiger partial charge in [-0.05, 0) is 61.2 Å². The second-order valence-electron chi connectivity index (χ2n) is 7.90. The monoisotopic (exact) mass is 394 g/mol. The number of aromatic amines is 2. The number of rotatable bonds is 3. The number of anilines is 1. The van der Waals surface area contributed by atoms with Gasteiger partial charge in [-0.15, -0.1) is 0 Å². The largest absolute Gasteiger partial charge is 0.371 e. The van der Waals surface area contributed by atoms with Crippen LogP contribution in [0.25, 0.3) is 44.5 Å². The molecule has 30 heavy (non-hydrogen) atoms. The zero-order valence-corrected chi connectivity index (χ0v) is 16.6. The number of benzene rings is 1. The topological polar surface area (TPSA) is 73.5 Å². The second-order valence-corrected chi connectivity index (χ2v) is 7.90. The fourth-order valence-corrected chi connectivity index (χ4v) is 4.49. The first-order valence-corrected chi connectivity index (χ1v) is 10.5. The fourth-order valence-electron chi connectivity index (χ4n) is 4.49. The van der Waals surface area contributed by atoms with Gasteiger partial charge in [0.25, 0.3) is 0 Å². The molecule has 0 radical (unpaired) electrons. The molecule has 0 amide bonds. The third-order valence-corrected chi connectivity index (χ3v) is 6.02. The van der Waals surface area contributed by atoms with E-state index in [1.807, 2.05) is 18.3 Å². The molecule has 5 heterocycles. The van der Waals surface area contributed by atoms with Gasteiger partial charge in [-0.25, -0.2) is 4.98 Å². The summed E-state index contributed by atoms with van der Waals surface area (Å²) >= 11 is 0. The third-order valence-electron chi connectivity index (χ3n) is 6.02. The molecule has 6 heteroatoms. The van der Waals surface area contributed by atoms with Gasteiger partial charge in [-0.2, -0.15) is 5.10 Å². The molecule has 4 aromatic heterocycles. The summed E-state index contributed by atoms with van der Waals surface area (Å²) in [6.07, 6.45) is 9.34. The first kappa shape index (κ1) is 17.2. The van der Waals surface area contributed by atoms with Crippen molar-refractivity contribution in [1.82, 2.24) is 25.1 Å². The van der Waals surface area contributed by atoms with E-state index in [4.69, 9.17) is 0 Å². The van der Waals surface area contributed by atoms with E-state index in [0.29, 0.717) is 0 Å². The summed E-state index contributed by atoms with van der Waals surface area (Å²) in [6, 6.07) is 14.9. The van der Waals surface area contributed by atoms with Crippen LogP contribution in [0.5, 0.6) is 0 Å². The quantitative estimate of drug-likeness (QED) is 0.443. The number of pyridine rings is 2. The standard InChI is InChI=1S/C24H22N6/c1-2-11-30(12-3-1)22-6-4-5-20-18(22)14-21(27-20)23-19-13-17(15-26-24(19)29-28-23)16-7-9-25-10-8-16/h4-10,13-15,27H,1-3,11-12H2,(H,26,28,29). The Morgan fingerprint density at radius 1 is 0.867 bits per heavy atom. The molecule has 1 saturated heterocycles. The predicted octanol–water partition coefficient (Wildman–Crippen LogP) is 5.16. The Kier molecular flexibility index (Phi) is 4.01. The SMILES string of the molecule is c1cc(N2CCCCC2)c2cc(-c3n[nH]c4ncc(-c5ccncc5)cc34)[nH]c2c1. The zero-order valence-electron chi connectivity index (χ0n) is 16.6. The molecule has 1 aromatic carbocycles. The minimum Gasteiger partial charge on any atom is -0.371 e. The lowest BCUT2D eigenvalue weighted by atomic mass is 10.1. The number of hydrogen-bond donors (Lipinski definition) is 2. The van der Waals surface area contributed by atoms with Crippen LogP contribution in [0.15, 0.2) is 61.1 Å². The molecule has 148 valence electrons.